The Kier molecular flexibility index (Phi) is 6.14. The minimum atomic E-state index is -0.581. The average molecular weight is 433 g/mol. The predicted octanol–water partition coefficient (Wildman–Crippen LogP) is 4.04. The maximum atomic E-state index is 12.6. The predicted molar refractivity (Wildman–Crippen MR) is 112 cm³/mol. The molecule has 0 atom stereocenters. The molecule has 29 heavy (non-hydrogen) atoms. The molecule has 0 aliphatic carbocycles. The van der Waals surface area contributed by atoms with Gasteiger partial charge < -0.3 is 15.2 Å². The summed E-state index contributed by atoms with van der Waals surface area (Å²) in [4.78, 5) is 38.1. The number of hydrogen-bond donors (Lipinski definition) is 2. The molecule has 1 saturated heterocycles. The highest BCUT2D eigenvalue weighted by Gasteiger charge is 2.36. The summed E-state index contributed by atoms with van der Waals surface area (Å²) < 4.78 is 5.03. The van der Waals surface area contributed by atoms with E-state index >= 15 is 0 Å². The molecule has 0 spiro atoms. The van der Waals surface area contributed by atoms with Crippen molar-refractivity contribution in [3.63, 3.8) is 0 Å². The summed E-state index contributed by atoms with van der Waals surface area (Å²) in [6.45, 7) is 1.50. The first-order chi connectivity index (χ1) is 13.8. The number of aryl methyl sites for hydroxylation is 1. The normalized spacial score (nSPS) is 15.1. The van der Waals surface area contributed by atoms with Crippen molar-refractivity contribution in [2.24, 2.45) is 0 Å². The summed E-state index contributed by atoms with van der Waals surface area (Å²) in [5.41, 5.74) is 2.03. The molecule has 3 rings (SSSR count). The number of carbonyl (C=O) groups is 3. The number of halogens is 1. The van der Waals surface area contributed by atoms with Crippen LogP contribution in [0.4, 0.5) is 10.5 Å². The Morgan fingerprint density at radius 3 is 2.76 bits per heavy atom. The third-order valence-electron chi connectivity index (χ3n) is 4.05. The maximum absolute atomic E-state index is 12.6. The second-order valence-corrected chi connectivity index (χ2v) is 7.64. The molecule has 2 aromatic carbocycles. The molecule has 2 aromatic rings. The average Bonchev–Trinajstić information content (AvgIpc) is 2.92. The van der Waals surface area contributed by atoms with E-state index < -0.39 is 23.6 Å². The Morgan fingerprint density at radius 2 is 2.07 bits per heavy atom. The SMILES string of the molecule is COc1cc(/C=C2\SC(=O)N(CC(=O)Nc3cccc(C)c3)C2=O)cc(Cl)c1O. The number of amides is 3. The lowest BCUT2D eigenvalue weighted by molar-refractivity contribution is -0.127. The Bertz CT molecular complexity index is 1040. The Morgan fingerprint density at radius 1 is 1.31 bits per heavy atom. The van der Waals surface area contributed by atoms with Crippen LogP contribution in [0.3, 0.4) is 0 Å². The second-order valence-electron chi connectivity index (χ2n) is 6.24. The van der Waals surface area contributed by atoms with Gasteiger partial charge in [-0.2, -0.15) is 0 Å². The van der Waals surface area contributed by atoms with Crippen molar-refractivity contribution in [2.45, 2.75) is 6.92 Å². The molecule has 1 heterocycles. The number of benzene rings is 2. The maximum Gasteiger partial charge on any atom is 0.294 e. The smallest absolute Gasteiger partial charge is 0.294 e. The fourth-order valence-corrected chi connectivity index (χ4v) is 3.74. The van der Waals surface area contributed by atoms with Crippen LogP contribution in [-0.4, -0.2) is 40.7 Å². The number of rotatable bonds is 5. The number of phenols is 1. The van der Waals surface area contributed by atoms with E-state index in [4.69, 9.17) is 16.3 Å². The van der Waals surface area contributed by atoms with E-state index in [2.05, 4.69) is 5.32 Å². The Hall–Kier alpha value is -2.97. The summed E-state index contributed by atoms with van der Waals surface area (Å²) in [6.07, 6.45) is 1.46. The minimum Gasteiger partial charge on any atom is -0.503 e. The number of nitrogens with zero attached hydrogens (tertiary/aromatic N) is 1. The van der Waals surface area contributed by atoms with E-state index in [-0.39, 0.29) is 21.4 Å². The van der Waals surface area contributed by atoms with Crippen molar-refractivity contribution < 1.29 is 24.2 Å². The fraction of sp³-hybridized carbons (Fsp3) is 0.150. The summed E-state index contributed by atoms with van der Waals surface area (Å²) in [7, 11) is 1.37. The van der Waals surface area contributed by atoms with E-state index in [0.717, 1.165) is 22.2 Å². The molecule has 0 bridgehead atoms. The first-order valence-corrected chi connectivity index (χ1v) is 9.66. The number of methoxy groups -OCH3 is 1. The molecule has 0 aromatic heterocycles. The topological polar surface area (TPSA) is 95.9 Å². The van der Waals surface area contributed by atoms with Crippen LogP contribution < -0.4 is 10.1 Å². The standard InChI is InChI=1S/C20H17ClN2O5S/c1-11-4-3-5-13(6-11)22-17(24)10-23-19(26)16(29-20(23)27)9-12-7-14(21)18(25)15(8-12)28-2/h3-9,25H,10H2,1-2H3,(H,22,24)/b16-9-. The van der Waals surface area contributed by atoms with Gasteiger partial charge in [-0.05, 0) is 60.2 Å². The van der Waals surface area contributed by atoms with Crippen molar-refractivity contribution in [3.05, 3.63) is 57.5 Å². The van der Waals surface area contributed by atoms with E-state index in [1.165, 1.54) is 25.3 Å². The highest BCUT2D eigenvalue weighted by atomic mass is 35.5. The van der Waals surface area contributed by atoms with Gasteiger partial charge in [-0.3, -0.25) is 19.3 Å². The molecule has 0 unspecified atom stereocenters. The van der Waals surface area contributed by atoms with Gasteiger partial charge in [-0.25, -0.2) is 0 Å². The monoisotopic (exact) mass is 432 g/mol. The number of aromatic hydroxyl groups is 1. The molecule has 9 heteroatoms. The molecule has 1 aliphatic rings. The second kappa shape index (κ2) is 8.59. The van der Waals surface area contributed by atoms with Gasteiger partial charge in [0.2, 0.25) is 5.91 Å². The van der Waals surface area contributed by atoms with E-state index in [1.807, 2.05) is 13.0 Å². The highest BCUT2D eigenvalue weighted by molar-refractivity contribution is 8.18. The lowest BCUT2D eigenvalue weighted by Gasteiger charge is -2.12. The Labute approximate surface area is 176 Å². The molecule has 1 aliphatic heterocycles. The van der Waals surface area contributed by atoms with Gasteiger partial charge in [-0.15, -0.1) is 0 Å². The molecule has 0 radical (unpaired) electrons. The first kappa shape index (κ1) is 20.8. The van der Waals surface area contributed by atoms with Gasteiger partial charge in [-0.1, -0.05) is 23.7 Å². The van der Waals surface area contributed by atoms with Crippen LogP contribution in [0.25, 0.3) is 6.08 Å². The molecule has 3 amide bonds. The highest BCUT2D eigenvalue weighted by Crippen LogP contribution is 2.37. The molecular weight excluding hydrogens is 416 g/mol. The van der Waals surface area contributed by atoms with Crippen LogP contribution in [0.1, 0.15) is 11.1 Å². The van der Waals surface area contributed by atoms with Crippen molar-refractivity contribution in [2.75, 3.05) is 19.0 Å². The molecule has 2 N–H and O–H groups in total. The van der Waals surface area contributed by atoms with Crippen molar-refractivity contribution in [1.82, 2.24) is 4.90 Å². The molecular formula is C20H17ClN2O5S. The fourth-order valence-electron chi connectivity index (χ4n) is 2.69. The zero-order chi connectivity index (χ0) is 21.1. The van der Waals surface area contributed by atoms with Crippen LogP contribution in [-0.2, 0) is 9.59 Å². The van der Waals surface area contributed by atoms with Crippen LogP contribution in [0.5, 0.6) is 11.5 Å². The van der Waals surface area contributed by atoms with Crippen LogP contribution in [0.15, 0.2) is 41.3 Å². The quantitative estimate of drug-likeness (QED) is 0.692. The lowest BCUT2D eigenvalue weighted by Crippen LogP contribution is -2.36. The van der Waals surface area contributed by atoms with Gasteiger partial charge >= 0.3 is 0 Å². The molecule has 7 nitrogen and oxygen atoms in total. The molecule has 0 saturated carbocycles. The van der Waals surface area contributed by atoms with Crippen molar-refractivity contribution >= 4 is 52.2 Å². The van der Waals surface area contributed by atoms with Gasteiger partial charge in [0.05, 0.1) is 17.0 Å². The first-order valence-electron chi connectivity index (χ1n) is 8.47. The van der Waals surface area contributed by atoms with Gasteiger partial charge in [0.15, 0.2) is 11.5 Å². The number of phenolic OH excluding ortho intramolecular Hbond substituents is 1. The zero-order valence-electron chi connectivity index (χ0n) is 15.6. The van der Waals surface area contributed by atoms with E-state index in [1.54, 1.807) is 18.2 Å². The van der Waals surface area contributed by atoms with Crippen LogP contribution >= 0.6 is 23.4 Å². The van der Waals surface area contributed by atoms with Gasteiger partial charge in [0.25, 0.3) is 11.1 Å². The number of imide groups is 1. The minimum absolute atomic E-state index is 0.0485. The summed E-state index contributed by atoms with van der Waals surface area (Å²) in [6, 6.07) is 10.1. The van der Waals surface area contributed by atoms with Crippen molar-refractivity contribution in [3.8, 4) is 11.5 Å². The van der Waals surface area contributed by atoms with E-state index in [0.29, 0.717) is 11.3 Å². The van der Waals surface area contributed by atoms with Crippen LogP contribution in [0.2, 0.25) is 5.02 Å². The number of nitrogens with one attached hydrogen (secondary N) is 1. The van der Waals surface area contributed by atoms with E-state index in [9.17, 15) is 19.5 Å². The number of ether oxygens (including phenoxy) is 1. The third-order valence-corrected chi connectivity index (χ3v) is 5.24. The van der Waals surface area contributed by atoms with Gasteiger partial charge in [0, 0.05) is 5.69 Å². The summed E-state index contributed by atoms with van der Waals surface area (Å²) >= 11 is 6.68. The number of hydrogen-bond acceptors (Lipinski definition) is 6. The number of anilines is 1. The summed E-state index contributed by atoms with van der Waals surface area (Å²) in [5.74, 6) is -1.14. The largest absolute Gasteiger partial charge is 0.503 e. The molecule has 150 valence electrons. The zero-order valence-corrected chi connectivity index (χ0v) is 17.1. The number of carbonyl (C=O) groups excluding carboxylic acids is 3. The number of thioether (sulfide) groups is 1. The third kappa shape index (κ3) is 4.72. The Balaban J connectivity index is 1.75. The van der Waals surface area contributed by atoms with Crippen molar-refractivity contribution in [1.29, 1.82) is 0 Å². The summed E-state index contributed by atoms with van der Waals surface area (Å²) in [5, 5.41) is 12.0. The molecule has 1 fully saturated rings. The lowest BCUT2D eigenvalue weighted by atomic mass is 10.2. The van der Waals surface area contributed by atoms with Gasteiger partial charge in [0.1, 0.15) is 6.54 Å². The van der Waals surface area contributed by atoms with Crippen LogP contribution in [0, 0.1) is 6.92 Å².